The van der Waals surface area contributed by atoms with Crippen LogP contribution in [0.5, 0.6) is 0 Å². The van der Waals surface area contributed by atoms with Gasteiger partial charge in [0.05, 0.1) is 5.54 Å². The van der Waals surface area contributed by atoms with Crippen molar-refractivity contribution in [3.8, 4) is 0 Å². The van der Waals surface area contributed by atoms with E-state index >= 15 is 0 Å². The molecule has 0 bridgehead atoms. The minimum atomic E-state index is -0.593. The number of nitrogens with zero attached hydrogens (tertiary/aromatic N) is 2. The highest BCUT2D eigenvalue weighted by atomic mass is 32.2. The van der Waals surface area contributed by atoms with Crippen LogP contribution in [0.25, 0.3) is 0 Å². The van der Waals surface area contributed by atoms with Crippen molar-refractivity contribution in [1.29, 1.82) is 0 Å². The van der Waals surface area contributed by atoms with E-state index < -0.39 is 5.54 Å². The Kier molecular flexibility index (Phi) is 6.04. The van der Waals surface area contributed by atoms with Crippen LogP contribution in [0.2, 0.25) is 0 Å². The van der Waals surface area contributed by atoms with Gasteiger partial charge in [0.1, 0.15) is 5.01 Å². The highest BCUT2D eigenvalue weighted by Crippen LogP contribution is 2.23. The predicted octanol–water partition coefficient (Wildman–Crippen LogP) is 1.57. The molecule has 5 nitrogen and oxygen atoms in total. The number of carbonyl (C=O) groups excluding carboxylic acids is 1. The molecule has 0 saturated carbocycles. The maximum atomic E-state index is 11.3. The molecule has 0 saturated heterocycles. The van der Waals surface area contributed by atoms with Crippen molar-refractivity contribution in [1.82, 2.24) is 15.5 Å². The van der Waals surface area contributed by atoms with Crippen LogP contribution in [-0.4, -0.2) is 34.4 Å². The second-order valence-corrected chi connectivity index (χ2v) is 6.86. The first-order valence-electron chi connectivity index (χ1n) is 5.89. The smallest absolute Gasteiger partial charge is 0.237 e. The maximum Gasteiger partial charge on any atom is 0.237 e. The molecule has 0 fully saturated rings. The van der Waals surface area contributed by atoms with Gasteiger partial charge < -0.3 is 11.1 Å². The van der Waals surface area contributed by atoms with Crippen molar-refractivity contribution in [2.75, 3.05) is 12.8 Å². The summed E-state index contributed by atoms with van der Waals surface area (Å²) in [5, 5.41) is 12.0. The molecule has 0 aliphatic carbocycles. The second-order valence-electron chi connectivity index (χ2n) is 4.34. The summed E-state index contributed by atoms with van der Waals surface area (Å²) in [6, 6.07) is 0. The zero-order valence-corrected chi connectivity index (χ0v) is 12.7. The lowest BCUT2D eigenvalue weighted by molar-refractivity contribution is -0.123. The summed E-state index contributed by atoms with van der Waals surface area (Å²) >= 11 is 3.33. The van der Waals surface area contributed by atoms with Crippen LogP contribution >= 0.6 is 23.1 Å². The van der Waals surface area contributed by atoms with E-state index in [0.717, 1.165) is 34.4 Å². The van der Waals surface area contributed by atoms with Crippen LogP contribution in [0.15, 0.2) is 4.34 Å². The molecule has 18 heavy (non-hydrogen) atoms. The number of likely N-dealkylation sites (N-methyl/N-ethyl adjacent to an activating group) is 1. The molecule has 0 spiro atoms. The summed E-state index contributed by atoms with van der Waals surface area (Å²) in [6.45, 7) is 3.80. The Morgan fingerprint density at radius 1 is 1.50 bits per heavy atom. The van der Waals surface area contributed by atoms with E-state index in [1.807, 2.05) is 13.8 Å². The molecule has 1 aromatic rings. The van der Waals surface area contributed by atoms with Gasteiger partial charge in [-0.2, -0.15) is 0 Å². The molecular weight excluding hydrogens is 268 g/mol. The average Bonchev–Trinajstić information content (AvgIpc) is 2.74. The number of primary amides is 1. The van der Waals surface area contributed by atoms with Crippen molar-refractivity contribution < 1.29 is 4.79 Å². The highest BCUT2D eigenvalue weighted by molar-refractivity contribution is 8.01. The molecule has 0 aromatic carbocycles. The van der Waals surface area contributed by atoms with Gasteiger partial charge in [-0.25, -0.2) is 0 Å². The van der Waals surface area contributed by atoms with E-state index in [-0.39, 0.29) is 5.91 Å². The number of unbranched alkanes of at least 4 members (excludes halogenated alkanes) is 1. The van der Waals surface area contributed by atoms with Crippen LogP contribution < -0.4 is 11.1 Å². The van der Waals surface area contributed by atoms with E-state index in [1.165, 1.54) is 0 Å². The van der Waals surface area contributed by atoms with Gasteiger partial charge >= 0.3 is 0 Å². The fraction of sp³-hybridized carbons (Fsp3) is 0.727. The highest BCUT2D eigenvalue weighted by Gasteiger charge is 2.27. The number of hydrogen-bond donors (Lipinski definition) is 2. The van der Waals surface area contributed by atoms with Gasteiger partial charge in [-0.05, 0) is 33.7 Å². The largest absolute Gasteiger partial charge is 0.368 e. The summed E-state index contributed by atoms with van der Waals surface area (Å²) in [5.74, 6) is 0.699. The van der Waals surface area contributed by atoms with E-state index in [0.29, 0.717) is 0 Å². The number of nitrogens with two attached hydrogens (primary N) is 1. The Labute approximate surface area is 116 Å². The Morgan fingerprint density at radius 3 is 2.72 bits per heavy atom. The van der Waals surface area contributed by atoms with E-state index in [2.05, 4.69) is 15.5 Å². The van der Waals surface area contributed by atoms with Gasteiger partial charge in [0, 0.05) is 5.75 Å². The normalized spacial score (nSPS) is 14.4. The zero-order chi connectivity index (χ0) is 13.6. The van der Waals surface area contributed by atoms with Crippen molar-refractivity contribution in [3.63, 3.8) is 0 Å². The minimum Gasteiger partial charge on any atom is -0.368 e. The lowest BCUT2D eigenvalue weighted by atomic mass is 9.94. The molecule has 102 valence electrons. The molecule has 1 atom stereocenters. The Hall–Kier alpha value is -0.660. The van der Waals surface area contributed by atoms with Crippen LogP contribution in [0.4, 0.5) is 0 Å². The molecule has 0 aliphatic heterocycles. The molecule has 3 N–H and O–H groups in total. The quantitative estimate of drug-likeness (QED) is 0.560. The minimum absolute atomic E-state index is 0.294. The van der Waals surface area contributed by atoms with E-state index in [4.69, 9.17) is 5.73 Å². The maximum absolute atomic E-state index is 11.3. The first kappa shape index (κ1) is 15.4. The summed E-state index contributed by atoms with van der Waals surface area (Å²) in [5.41, 5.74) is 4.77. The van der Waals surface area contributed by atoms with Crippen molar-refractivity contribution >= 4 is 29.0 Å². The molecule has 1 amide bonds. The van der Waals surface area contributed by atoms with Gasteiger partial charge in [-0.3, -0.25) is 4.79 Å². The molecule has 1 rings (SSSR count). The Bertz CT molecular complexity index is 396. The molecule has 1 unspecified atom stereocenters. The lowest BCUT2D eigenvalue weighted by Crippen LogP contribution is -2.51. The van der Waals surface area contributed by atoms with Crippen LogP contribution in [0, 0.1) is 6.92 Å². The summed E-state index contributed by atoms with van der Waals surface area (Å²) < 4.78 is 1.01. The SMILES string of the molecule is CNC(C)(CCCCSc1nnc(C)s1)C(N)=O. The summed E-state index contributed by atoms with van der Waals surface area (Å²) in [6.07, 6.45) is 2.76. The number of nitrogens with one attached hydrogen (secondary N) is 1. The topological polar surface area (TPSA) is 80.9 Å². The third kappa shape index (κ3) is 4.55. The predicted molar refractivity (Wildman–Crippen MR) is 75.9 cm³/mol. The van der Waals surface area contributed by atoms with Crippen LogP contribution in [-0.2, 0) is 4.79 Å². The number of hydrogen-bond acceptors (Lipinski definition) is 6. The number of amides is 1. The van der Waals surface area contributed by atoms with Crippen molar-refractivity contribution in [2.24, 2.45) is 5.73 Å². The fourth-order valence-electron chi connectivity index (χ4n) is 1.45. The number of rotatable bonds is 8. The molecule has 1 aromatic heterocycles. The number of aryl methyl sites for hydroxylation is 1. The fourth-order valence-corrected chi connectivity index (χ4v) is 3.33. The van der Waals surface area contributed by atoms with Crippen LogP contribution in [0.3, 0.4) is 0 Å². The van der Waals surface area contributed by atoms with Gasteiger partial charge in [0.15, 0.2) is 4.34 Å². The first-order valence-corrected chi connectivity index (χ1v) is 7.70. The first-order chi connectivity index (χ1) is 8.48. The summed E-state index contributed by atoms with van der Waals surface area (Å²) in [4.78, 5) is 11.3. The van der Waals surface area contributed by atoms with E-state index in [9.17, 15) is 4.79 Å². The Balaban J connectivity index is 2.20. The molecular formula is C11H20N4OS2. The van der Waals surface area contributed by atoms with E-state index in [1.54, 1.807) is 30.1 Å². The van der Waals surface area contributed by atoms with Crippen molar-refractivity contribution in [3.05, 3.63) is 5.01 Å². The molecule has 0 aliphatic rings. The molecule has 1 heterocycles. The third-order valence-electron chi connectivity index (χ3n) is 2.90. The lowest BCUT2D eigenvalue weighted by Gasteiger charge is -2.25. The zero-order valence-electron chi connectivity index (χ0n) is 11.0. The molecule has 0 radical (unpaired) electrons. The van der Waals surface area contributed by atoms with Gasteiger partial charge in [0.2, 0.25) is 5.91 Å². The summed E-state index contributed by atoms with van der Waals surface area (Å²) in [7, 11) is 1.77. The van der Waals surface area contributed by atoms with Crippen molar-refractivity contribution in [2.45, 2.75) is 43.0 Å². The number of aromatic nitrogens is 2. The molecule has 7 heteroatoms. The van der Waals surface area contributed by atoms with Gasteiger partial charge in [0.25, 0.3) is 0 Å². The van der Waals surface area contributed by atoms with Gasteiger partial charge in [-0.1, -0.05) is 29.5 Å². The third-order valence-corrected chi connectivity index (χ3v) is 4.96. The van der Waals surface area contributed by atoms with Gasteiger partial charge in [-0.15, -0.1) is 10.2 Å². The van der Waals surface area contributed by atoms with Crippen LogP contribution in [0.1, 0.15) is 31.2 Å². The Morgan fingerprint density at radius 2 is 2.22 bits per heavy atom. The number of thioether (sulfide) groups is 1. The standard InChI is InChI=1S/C11H20N4OS2/c1-8-14-15-10(18-8)17-7-5-4-6-11(2,13-3)9(12)16/h13H,4-7H2,1-3H3,(H2,12,16). The average molecular weight is 288 g/mol. The number of carbonyl (C=O) groups is 1. The monoisotopic (exact) mass is 288 g/mol. The second kappa shape index (κ2) is 7.06.